The van der Waals surface area contributed by atoms with Gasteiger partial charge in [-0.05, 0) is 37.2 Å². The molecule has 2 nitrogen and oxygen atoms in total. The first kappa shape index (κ1) is 16.5. The van der Waals surface area contributed by atoms with Crippen LogP contribution in [-0.4, -0.2) is 13.2 Å². The molecule has 0 heterocycles. The maximum absolute atomic E-state index is 5.78. The van der Waals surface area contributed by atoms with Gasteiger partial charge in [0.15, 0.2) is 0 Å². The van der Waals surface area contributed by atoms with E-state index in [1.807, 2.05) is 19.1 Å². The maximum Gasteiger partial charge on any atom is 0.124 e. The van der Waals surface area contributed by atoms with Crippen molar-refractivity contribution in [3.63, 3.8) is 0 Å². The van der Waals surface area contributed by atoms with E-state index in [2.05, 4.69) is 74.4 Å². The Morgan fingerprint density at radius 1 is 1.05 bits per heavy atom. The van der Waals surface area contributed by atoms with E-state index >= 15 is 0 Å². The van der Waals surface area contributed by atoms with Gasteiger partial charge in [-0.3, -0.25) is 0 Å². The van der Waals surface area contributed by atoms with Crippen molar-refractivity contribution in [3.05, 3.63) is 62.5 Å². The third kappa shape index (κ3) is 4.09. The molecule has 1 unspecified atom stereocenters. The predicted octanol–water partition coefficient (Wildman–Crippen LogP) is 5.31. The van der Waals surface area contributed by atoms with Crippen molar-refractivity contribution in [2.75, 3.05) is 13.2 Å². The van der Waals surface area contributed by atoms with Gasteiger partial charge in [-0.15, -0.1) is 0 Å². The Morgan fingerprint density at radius 2 is 1.81 bits per heavy atom. The molecule has 0 spiro atoms. The lowest BCUT2D eigenvalue weighted by molar-refractivity contribution is 0.333. The van der Waals surface area contributed by atoms with Crippen LogP contribution in [-0.2, 0) is 0 Å². The normalized spacial score (nSPS) is 12.2. The molecule has 0 fully saturated rings. The Morgan fingerprint density at radius 3 is 2.48 bits per heavy atom. The average molecular weight is 413 g/mol. The molecule has 0 aliphatic heterocycles. The van der Waals surface area contributed by atoms with Crippen LogP contribution in [0.2, 0.25) is 0 Å². The number of nitrogens with one attached hydrogen (secondary N) is 1. The second kappa shape index (κ2) is 7.97. The highest BCUT2D eigenvalue weighted by atomic mass is 79.9. The average Bonchev–Trinajstić information content (AvgIpc) is 2.47. The summed E-state index contributed by atoms with van der Waals surface area (Å²) in [6, 6.07) is 14.6. The fourth-order valence-electron chi connectivity index (χ4n) is 2.33. The van der Waals surface area contributed by atoms with E-state index in [4.69, 9.17) is 4.74 Å². The van der Waals surface area contributed by atoms with Gasteiger partial charge >= 0.3 is 0 Å². The molecule has 0 bridgehead atoms. The van der Waals surface area contributed by atoms with E-state index in [-0.39, 0.29) is 6.04 Å². The Labute approximate surface area is 143 Å². The van der Waals surface area contributed by atoms with E-state index in [1.165, 1.54) is 5.56 Å². The topological polar surface area (TPSA) is 21.3 Å². The van der Waals surface area contributed by atoms with Crippen molar-refractivity contribution in [3.8, 4) is 5.75 Å². The molecule has 0 amide bonds. The summed E-state index contributed by atoms with van der Waals surface area (Å²) >= 11 is 7.17. The van der Waals surface area contributed by atoms with E-state index in [1.54, 1.807) is 0 Å². The molecule has 1 N–H and O–H groups in total. The van der Waals surface area contributed by atoms with Crippen LogP contribution < -0.4 is 10.1 Å². The number of halogens is 2. The second-order valence-corrected chi connectivity index (χ2v) is 6.40. The SMILES string of the molecule is CCNC(c1ccc(Br)cc1Br)c1ccccc1OCC. The zero-order valence-electron chi connectivity index (χ0n) is 12.2. The molecule has 0 aromatic heterocycles. The first-order chi connectivity index (χ1) is 10.2. The lowest BCUT2D eigenvalue weighted by atomic mass is 9.97. The summed E-state index contributed by atoms with van der Waals surface area (Å²) in [4.78, 5) is 0. The minimum Gasteiger partial charge on any atom is -0.494 e. The Bertz CT molecular complexity index is 601. The molecule has 2 aromatic carbocycles. The third-order valence-corrected chi connectivity index (χ3v) is 4.39. The molecule has 21 heavy (non-hydrogen) atoms. The number of hydrogen-bond acceptors (Lipinski definition) is 2. The Hall–Kier alpha value is -0.840. The van der Waals surface area contributed by atoms with Gasteiger partial charge in [-0.1, -0.05) is 63.0 Å². The number of rotatable bonds is 6. The third-order valence-electron chi connectivity index (χ3n) is 3.21. The van der Waals surface area contributed by atoms with Crippen molar-refractivity contribution in [1.29, 1.82) is 0 Å². The van der Waals surface area contributed by atoms with Gasteiger partial charge in [0.1, 0.15) is 5.75 Å². The number of ether oxygens (including phenoxy) is 1. The highest BCUT2D eigenvalue weighted by Crippen LogP contribution is 2.35. The summed E-state index contributed by atoms with van der Waals surface area (Å²) in [5, 5.41) is 3.55. The molecular weight excluding hydrogens is 394 g/mol. The minimum atomic E-state index is 0.0974. The monoisotopic (exact) mass is 411 g/mol. The smallest absolute Gasteiger partial charge is 0.124 e. The van der Waals surface area contributed by atoms with E-state index in [9.17, 15) is 0 Å². The number of benzene rings is 2. The van der Waals surface area contributed by atoms with Crippen LogP contribution in [0.25, 0.3) is 0 Å². The molecule has 2 rings (SSSR count). The molecule has 0 saturated heterocycles. The van der Waals surface area contributed by atoms with Crippen LogP contribution in [0.1, 0.15) is 31.0 Å². The van der Waals surface area contributed by atoms with Gasteiger partial charge in [0, 0.05) is 14.5 Å². The van der Waals surface area contributed by atoms with Crippen molar-refractivity contribution in [2.24, 2.45) is 0 Å². The Balaban J connectivity index is 2.48. The van der Waals surface area contributed by atoms with Crippen molar-refractivity contribution < 1.29 is 4.74 Å². The fourth-order valence-corrected chi connectivity index (χ4v) is 3.61. The summed E-state index contributed by atoms with van der Waals surface area (Å²) in [5.74, 6) is 0.931. The largest absolute Gasteiger partial charge is 0.494 e. The van der Waals surface area contributed by atoms with Gasteiger partial charge in [-0.2, -0.15) is 0 Å². The van der Waals surface area contributed by atoms with Crippen LogP contribution in [0.15, 0.2) is 51.4 Å². The van der Waals surface area contributed by atoms with Crippen molar-refractivity contribution in [1.82, 2.24) is 5.32 Å². The van der Waals surface area contributed by atoms with Crippen LogP contribution >= 0.6 is 31.9 Å². The van der Waals surface area contributed by atoms with Gasteiger partial charge in [0.2, 0.25) is 0 Å². The molecular formula is C17H19Br2NO. The highest BCUT2D eigenvalue weighted by molar-refractivity contribution is 9.11. The van der Waals surface area contributed by atoms with E-state index in [0.717, 1.165) is 26.8 Å². The first-order valence-electron chi connectivity index (χ1n) is 7.07. The lowest BCUT2D eigenvalue weighted by Gasteiger charge is -2.23. The van der Waals surface area contributed by atoms with Gasteiger partial charge in [0.25, 0.3) is 0 Å². The quantitative estimate of drug-likeness (QED) is 0.694. The van der Waals surface area contributed by atoms with Gasteiger partial charge in [0.05, 0.1) is 12.6 Å². The van der Waals surface area contributed by atoms with Crippen LogP contribution in [0.4, 0.5) is 0 Å². The zero-order valence-corrected chi connectivity index (χ0v) is 15.4. The van der Waals surface area contributed by atoms with Gasteiger partial charge in [-0.25, -0.2) is 0 Å². The van der Waals surface area contributed by atoms with E-state index in [0.29, 0.717) is 6.61 Å². The maximum atomic E-state index is 5.78. The predicted molar refractivity (Wildman–Crippen MR) is 95.0 cm³/mol. The molecule has 2 aromatic rings. The molecule has 0 aliphatic carbocycles. The Kier molecular flexibility index (Phi) is 6.27. The summed E-state index contributed by atoms with van der Waals surface area (Å²) in [7, 11) is 0. The molecule has 0 radical (unpaired) electrons. The first-order valence-corrected chi connectivity index (χ1v) is 8.66. The summed E-state index contributed by atoms with van der Waals surface area (Å²) in [6.45, 7) is 5.67. The minimum absolute atomic E-state index is 0.0974. The number of hydrogen-bond donors (Lipinski definition) is 1. The fraction of sp³-hybridized carbons (Fsp3) is 0.294. The second-order valence-electron chi connectivity index (χ2n) is 4.63. The molecule has 4 heteroatoms. The molecule has 0 saturated carbocycles. The molecule has 112 valence electrons. The van der Waals surface area contributed by atoms with Crippen LogP contribution in [0.3, 0.4) is 0 Å². The summed E-state index contributed by atoms with van der Waals surface area (Å²) < 4.78 is 7.92. The molecule has 1 atom stereocenters. The van der Waals surface area contributed by atoms with Gasteiger partial charge < -0.3 is 10.1 Å². The standard InChI is InChI=1S/C17H19Br2NO/c1-3-20-17(13-10-9-12(18)11-15(13)19)14-7-5-6-8-16(14)21-4-2/h5-11,17,20H,3-4H2,1-2H3. The molecule has 0 aliphatic rings. The highest BCUT2D eigenvalue weighted by Gasteiger charge is 2.19. The van der Waals surface area contributed by atoms with Crippen LogP contribution in [0, 0.1) is 0 Å². The van der Waals surface area contributed by atoms with E-state index < -0.39 is 0 Å². The zero-order chi connectivity index (χ0) is 15.2. The van der Waals surface area contributed by atoms with Crippen LogP contribution in [0.5, 0.6) is 5.75 Å². The van der Waals surface area contributed by atoms with Crippen molar-refractivity contribution in [2.45, 2.75) is 19.9 Å². The lowest BCUT2D eigenvalue weighted by Crippen LogP contribution is -2.23. The summed E-state index contributed by atoms with van der Waals surface area (Å²) in [5.41, 5.74) is 2.36. The van der Waals surface area contributed by atoms with Crippen molar-refractivity contribution >= 4 is 31.9 Å². The number of para-hydroxylation sites is 1. The summed E-state index contributed by atoms with van der Waals surface area (Å²) in [6.07, 6.45) is 0.